The van der Waals surface area contributed by atoms with Crippen molar-refractivity contribution >= 4 is 11.9 Å². The molecular formula is C17H22N4O3. The lowest BCUT2D eigenvalue weighted by Crippen LogP contribution is -2.40. The van der Waals surface area contributed by atoms with Crippen molar-refractivity contribution in [1.29, 1.82) is 0 Å². The summed E-state index contributed by atoms with van der Waals surface area (Å²) >= 11 is 0. The number of aliphatic carboxylic acids is 1. The summed E-state index contributed by atoms with van der Waals surface area (Å²) in [6.45, 7) is 1.33. The van der Waals surface area contributed by atoms with E-state index in [0.29, 0.717) is 25.1 Å². The lowest BCUT2D eigenvalue weighted by molar-refractivity contribution is -0.137. The van der Waals surface area contributed by atoms with Crippen molar-refractivity contribution < 1.29 is 14.7 Å². The standard InChI is InChI=1S/C17H22N4O3/c1-19-16(20-8-2-3-9-20)14(11-18-19)17(24)21-10-4-5-13(12-21)6-7-15(22)23/h2-3,8-9,11,13H,4-7,10,12H2,1H3,(H,22,23). The van der Waals surface area contributed by atoms with Crippen LogP contribution in [0.3, 0.4) is 0 Å². The van der Waals surface area contributed by atoms with Gasteiger partial charge in [0, 0.05) is 39.0 Å². The number of nitrogens with zero attached hydrogens (tertiary/aromatic N) is 4. The smallest absolute Gasteiger partial charge is 0.303 e. The maximum Gasteiger partial charge on any atom is 0.303 e. The lowest BCUT2D eigenvalue weighted by Gasteiger charge is -2.32. The van der Waals surface area contributed by atoms with Gasteiger partial charge in [-0.1, -0.05) is 0 Å². The second-order valence-corrected chi connectivity index (χ2v) is 6.29. The summed E-state index contributed by atoms with van der Waals surface area (Å²) in [7, 11) is 1.82. The first-order valence-corrected chi connectivity index (χ1v) is 8.22. The SMILES string of the molecule is Cn1ncc(C(=O)N2CCCC(CCC(=O)O)C2)c1-n1cccc1. The van der Waals surface area contributed by atoms with E-state index in [2.05, 4.69) is 5.10 Å². The number of carbonyl (C=O) groups excluding carboxylic acids is 1. The summed E-state index contributed by atoms with van der Waals surface area (Å²) in [5.41, 5.74) is 0.576. The van der Waals surface area contributed by atoms with Crippen LogP contribution in [0.25, 0.3) is 5.82 Å². The van der Waals surface area contributed by atoms with Gasteiger partial charge in [0.05, 0.1) is 6.20 Å². The molecule has 1 saturated heterocycles. The van der Waals surface area contributed by atoms with Crippen LogP contribution in [-0.2, 0) is 11.8 Å². The van der Waals surface area contributed by atoms with Gasteiger partial charge >= 0.3 is 5.97 Å². The van der Waals surface area contributed by atoms with Gasteiger partial charge in [0.25, 0.3) is 5.91 Å². The summed E-state index contributed by atoms with van der Waals surface area (Å²) in [6.07, 6.45) is 8.06. The van der Waals surface area contributed by atoms with E-state index < -0.39 is 5.97 Å². The molecule has 1 aliphatic rings. The third kappa shape index (κ3) is 3.34. The first-order valence-electron chi connectivity index (χ1n) is 8.22. The van der Waals surface area contributed by atoms with Crippen LogP contribution in [0.15, 0.2) is 30.7 Å². The van der Waals surface area contributed by atoms with Crippen LogP contribution in [0.1, 0.15) is 36.0 Å². The molecule has 2 aromatic heterocycles. The van der Waals surface area contributed by atoms with E-state index in [1.54, 1.807) is 10.9 Å². The van der Waals surface area contributed by atoms with E-state index in [9.17, 15) is 9.59 Å². The Labute approximate surface area is 140 Å². The third-order valence-corrected chi connectivity index (χ3v) is 4.56. The molecule has 0 radical (unpaired) electrons. The number of carboxylic acids is 1. The van der Waals surface area contributed by atoms with Gasteiger partial charge in [0.1, 0.15) is 11.4 Å². The minimum atomic E-state index is -0.777. The predicted octanol–water partition coefficient (Wildman–Crippen LogP) is 1.93. The first kappa shape index (κ1) is 16.3. The highest BCUT2D eigenvalue weighted by Crippen LogP contribution is 2.24. The van der Waals surface area contributed by atoms with Gasteiger partial charge < -0.3 is 14.6 Å². The van der Waals surface area contributed by atoms with E-state index in [-0.39, 0.29) is 18.2 Å². The minimum Gasteiger partial charge on any atom is -0.481 e. The average Bonchev–Trinajstić information content (AvgIpc) is 3.21. The lowest BCUT2D eigenvalue weighted by atomic mass is 9.93. The van der Waals surface area contributed by atoms with Gasteiger partial charge in [0.15, 0.2) is 0 Å². The van der Waals surface area contributed by atoms with Crippen molar-refractivity contribution in [2.75, 3.05) is 13.1 Å². The number of carboxylic acid groups (broad SMARTS) is 1. The molecule has 1 amide bonds. The second-order valence-electron chi connectivity index (χ2n) is 6.29. The third-order valence-electron chi connectivity index (χ3n) is 4.56. The fourth-order valence-electron chi connectivity index (χ4n) is 3.35. The number of likely N-dealkylation sites (tertiary alicyclic amines) is 1. The number of amides is 1. The molecule has 1 N–H and O–H groups in total. The Bertz CT molecular complexity index is 720. The van der Waals surface area contributed by atoms with E-state index >= 15 is 0 Å². The van der Waals surface area contributed by atoms with Crippen LogP contribution in [0.5, 0.6) is 0 Å². The number of hydrogen-bond acceptors (Lipinski definition) is 3. The van der Waals surface area contributed by atoms with E-state index in [0.717, 1.165) is 18.7 Å². The van der Waals surface area contributed by atoms with Crippen molar-refractivity contribution in [2.45, 2.75) is 25.7 Å². The van der Waals surface area contributed by atoms with Crippen molar-refractivity contribution in [3.63, 3.8) is 0 Å². The number of aromatic nitrogens is 3. The van der Waals surface area contributed by atoms with Crippen molar-refractivity contribution in [3.8, 4) is 5.82 Å². The highest BCUT2D eigenvalue weighted by atomic mass is 16.4. The number of aryl methyl sites for hydroxylation is 1. The fourth-order valence-corrected chi connectivity index (χ4v) is 3.35. The Hall–Kier alpha value is -2.57. The molecule has 3 rings (SSSR count). The molecule has 1 atom stereocenters. The monoisotopic (exact) mass is 330 g/mol. The molecule has 7 nitrogen and oxygen atoms in total. The zero-order valence-electron chi connectivity index (χ0n) is 13.8. The second kappa shape index (κ2) is 6.90. The maximum atomic E-state index is 13.0. The molecule has 0 saturated carbocycles. The molecule has 0 bridgehead atoms. The summed E-state index contributed by atoms with van der Waals surface area (Å²) in [5, 5.41) is 13.1. The molecule has 1 aliphatic heterocycles. The molecular weight excluding hydrogens is 308 g/mol. The average molecular weight is 330 g/mol. The Morgan fingerprint density at radius 3 is 2.79 bits per heavy atom. The van der Waals surface area contributed by atoms with Gasteiger partial charge in [-0.3, -0.25) is 14.3 Å². The highest BCUT2D eigenvalue weighted by molar-refractivity contribution is 5.97. The van der Waals surface area contributed by atoms with E-state index in [1.807, 2.05) is 41.0 Å². The Morgan fingerprint density at radius 1 is 1.33 bits per heavy atom. The van der Waals surface area contributed by atoms with Crippen LogP contribution in [-0.4, -0.2) is 49.3 Å². The van der Waals surface area contributed by atoms with E-state index in [4.69, 9.17) is 5.11 Å². The van der Waals surface area contributed by atoms with Crippen molar-refractivity contribution in [1.82, 2.24) is 19.2 Å². The van der Waals surface area contributed by atoms with Gasteiger partial charge in [0.2, 0.25) is 0 Å². The zero-order valence-corrected chi connectivity index (χ0v) is 13.8. The van der Waals surface area contributed by atoms with Crippen LogP contribution in [0.4, 0.5) is 0 Å². The predicted molar refractivity (Wildman–Crippen MR) is 88.0 cm³/mol. The van der Waals surface area contributed by atoms with Gasteiger partial charge in [-0.15, -0.1) is 0 Å². The number of rotatable bonds is 5. The Morgan fingerprint density at radius 2 is 2.08 bits per heavy atom. The topological polar surface area (TPSA) is 80.4 Å². The Kier molecular flexibility index (Phi) is 4.69. The van der Waals surface area contributed by atoms with Gasteiger partial charge in [-0.25, -0.2) is 0 Å². The van der Waals surface area contributed by atoms with Gasteiger partial charge in [-0.2, -0.15) is 5.10 Å². The number of carbonyl (C=O) groups is 2. The zero-order chi connectivity index (χ0) is 17.1. The molecule has 1 unspecified atom stereocenters. The molecule has 0 aliphatic carbocycles. The summed E-state index contributed by atoms with van der Waals surface area (Å²) in [4.78, 5) is 25.6. The largest absolute Gasteiger partial charge is 0.481 e. The molecule has 7 heteroatoms. The summed E-state index contributed by atoms with van der Waals surface area (Å²) < 4.78 is 3.57. The van der Waals surface area contributed by atoms with Crippen molar-refractivity contribution in [2.24, 2.45) is 13.0 Å². The molecule has 24 heavy (non-hydrogen) atoms. The van der Waals surface area contributed by atoms with Crippen LogP contribution in [0.2, 0.25) is 0 Å². The first-order chi connectivity index (χ1) is 11.6. The normalized spacial score (nSPS) is 17.9. The number of hydrogen-bond donors (Lipinski definition) is 1. The minimum absolute atomic E-state index is 0.0353. The van der Waals surface area contributed by atoms with Crippen LogP contribution in [0, 0.1) is 5.92 Å². The molecule has 1 fully saturated rings. The Balaban J connectivity index is 1.76. The molecule has 0 spiro atoms. The number of piperidine rings is 1. The molecule has 2 aromatic rings. The van der Waals surface area contributed by atoms with Crippen LogP contribution < -0.4 is 0 Å². The fraction of sp³-hybridized carbons (Fsp3) is 0.471. The quantitative estimate of drug-likeness (QED) is 0.908. The molecule has 0 aromatic carbocycles. The maximum absolute atomic E-state index is 13.0. The van der Waals surface area contributed by atoms with E-state index in [1.165, 1.54) is 0 Å². The summed E-state index contributed by atoms with van der Waals surface area (Å²) in [5.74, 6) is 0.190. The molecule has 3 heterocycles. The van der Waals surface area contributed by atoms with Gasteiger partial charge in [-0.05, 0) is 37.3 Å². The molecule has 128 valence electrons. The van der Waals surface area contributed by atoms with Crippen LogP contribution >= 0.6 is 0 Å². The summed E-state index contributed by atoms with van der Waals surface area (Å²) in [6, 6.07) is 3.81. The highest BCUT2D eigenvalue weighted by Gasteiger charge is 2.28. The van der Waals surface area contributed by atoms with Crippen molar-refractivity contribution in [3.05, 3.63) is 36.3 Å².